The Bertz CT molecular complexity index is 1010. The van der Waals surface area contributed by atoms with Gasteiger partial charge in [0.2, 0.25) is 17.8 Å². The van der Waals surface area contributed by atoms with Crippen molar-refractivity contribution in [2.75, 3.05) is 31.2 Å². The minimum atomic E-state index is -0.0584. The lowest BCUT2D eigenvalue weighted by molar-refractivity contribution is -0.119. The highest BCUT2D eigenvalue weighted by molar-refractivity contribution is 6.06. The number of guanidine groups is 1. The molecule has 0 spiro atoms. The van der Waals surface area contributed by atoms with Crippen LogP contribution in [0.5, 0.6) is 5.75 Å². The molecule has 1 fully saturated rings. The zero-order chi connectivity index (χ0) is 23.0. The molecule has 4 rings (SSSR count). The van der Waals surface area contributed by atoms with Gasteiger partial charge in [0.15, 0.2) is 0 Å². The Hall–Kier alpha value is -3.39. The Labute approximate surface area is 193 Å². The topological polar surface area (TPSA) is 94.5 Å². The second-order valence-corrected chi connectivity index (χ2v) is 8.22. The second kappa shape index (κ2) is 11.0. The van der Waals surface area contributed by atoms with Crippen LogP contribution in [-0.4, -0.2) is 54.1 Å². The van der Waals surface area contributed by atoms with Gasteiger partial charge in [0, 0.05) is 30.8 Å². The largest absolute Gasteiger partial charge is 0.491 e. The van der Waals surface area contributed by atoms with E-state index in [4.69, 9.17) is 4.74 Å². The molecule has 2 aromatic rings. The van der Waals surface area contributed by atoms with Crippen molar-refractivity contribution in [1.82, 2.24) is 10.2 Å². The summed E-state index contributed by atoms with van der Waals surface area (Å²) in [4.78, 5) is 32.4. The zero-order valence-electron chi connectivity index (χ0n) is 18.7. The Kier molecular flexibility index (Phi) is 7.57. The summed E-state index contributed by atoms with van der Waals surface area (Å²) in [6.45, 7) is 1.82. The highest BCUT2D eigenvalue weighted by Gasteiger charge is 2.30. The van der Waals surface area contributed by atoms with Crippen molar-refractivity contribution in [3.8, 4) is 5.75 Å². The van der Waals surface area contributed by atoms with Crippen molar-refractivity contribution in [3.63, 3.8) is 0 Å². The Morgan fingerprint density at radius 2 is 1.88 bits per heavy atom. The van der Waals surface area contributed by atoms with E-state index < -0.39 is 0 Å². The first kappa shape index (κ1) is 22.8. The first-order chi connectivity index (χ1) is 16.2. The first-order valence-electron chi connectivity index (χ1n) is 11.5. The number of para-hydroxylation sites is 2. The van der Waals surface area contributed by atoms with Crippen LogP contribution in [-0.2, 0) is 16.1 Å². The van der Waals surface area contributed by atoms with Crippen molar-refractivity contribution >= 4 is 29.1 Å². The summed E-state index contributed by atoms with van der Waals surface area (Å²) in [5.41, 5.74) is 2.67. The van der Waals surface area contributed by atoms with E-state index in [1.807, 2.05) is 53.4 Å². The maximum atomic E-state index is 12.6. The van der Waals surface area contributed by atoms with Crippen molar-refractivity contribution in [2.24, 2.45) is 4.99 Å². The number of ether oxygens (including phenoxy) is 1. The molecule has 0 aliphatic carbocycles. The summed E-state index contributed by atoms with van der Waals surface area (Å²) in [7, 11) is 0. The van der Waals surface area contributed by atoms with Gasteiger partial charge >= 0.3 is 0 Å². The molecule has 2 heterocycles. The number of hydrogen-bond donors (Lipinski definition) is 2. The number of unbranched alkanes of at least 4 members (excludes halogenated alkanes) is 3. The Balaban J connectivity index is 1.19. The number of carbonyl (C=O) groups excluding carboxylic acids is 2. The lowest BCUT2D eigenvalue weighted by atomic mass is 10.1. The molecular formula is C25H30N4O4. The summed E-state index contributed by atoms with van der Waals surface area (Å²) in [5.74, 6) is 1.33. The van der Waals surface area contributed by atoms with Crippen molar-refractivity contribution in [2.45, 2.75) is 38.6 Å². The zero-order valence-corrected chi connectivity index (χ0v) is 18.7. The predicted octanol–water partition coefficient (Wildman–Crippen LogP) is 2.97. The lowest BCUT2D eigenvalue weighted by Gasteiger charge is -2.24. The fourth-order valence-electron chi connectivity index (χ4n) is 4.13. The number of aliphatic hydroxyl groups is 1. The number of nitrogens with zero attached hydrogens (tertiary/aromatic N) is 3. The molecule has 174 valence electrons. The fourth-order valence-corrected chi connectivity index (χ4v) is 4.13. The number of rotatable bonds is 11. The summed E-state index contributed by atoms with van der Waals surface area (Å²) < 4.78 is 5.99. The molecule has 33 heavy (non-hydrogen) atoms. The number of hydrogen-bond acceptors (Lipinski definition) is 6. The summed E-state index contributed by atoms with van der Waals surface area (Å²) in [6.07, 6.45) is 4.05. The highest BCUT2D eigenvalue weighted by Crippen LogP contribution is 2.36. The predicted molar refractivity (Wildman–Crippen MR) is 127 cm³/mol. The van der Waals surface area contributed by atoms with E-state index in [9.17, 15) is 14.7 Å². The molecule has 0 unspecified atom stereocenters. The van der Waals surface area contributed by atoms with Gasteiger partial charge in [0.25, 0.3) is 0 Å². The molecule has 0 saturated carbocycles. The molecule has 8 nitrogen and oxygen atoms in total. The first-order valence-corrected chi connectivity index (χ1v) is 11.5. The molecular weight excluding hydrogens is 420 g/mol. The van der Waals surface area contributed by atoms with Crippen molar-refractivity contribution < 1.29 is 19.4 Å². The fraction of sp³-hybridized carbons (Fsp3) is 0.400. The third-order valence-electron chi connectivity index (χ3n) is 5.78. The highest BCUT2D eigenvalue weighted by atomic mass is 16.5. The average Bonchev–Trinajstić information content (AvgIpc) is 3.19. The van der Waals surface area contributed by atoms with Gasteiger partial charge in [-0.25, -0.2) is 4.99 Å². The number of aliphatic hydroxyl groups excluding tert-OH is 1. The second-order valence-electron chi connectivity index (χ2n) is 8.22. The number of fused-ring (bicyclic) bond motifs is 2. The average molecular weight is 451 g/mol. The number of nitrogens with one attached hydrogen (secondary N) is 1. The summed E-state index contributed by atoms with van der Waals surface area (Å²) in [6, 6.07) is 15.3. The van der Waals surface area contributed by atoms with E-state index in [0.29, 0.717) is 38.6 Å². The van der Waals surface area contributed by atoms with E-state index in [0.717, 1.165) is 48.4 Å². The van der Waals surface area contributed by atoms with Gasteiger partial charge in [-0.2, -0.15) is 0 Å². The van der Waals surface area contributed by atoms with Crippen LogP contribution >= 0.6 is 0 Å². The number of amides is 2. The van der Waals surface area contributed by atoms with E-state index in [1.54, 1.807) is 4.90 Å². The summed E-state index contributed by atoms with van der Waals surface area (Å²) >= 11 is 0. The Morgan fingerprint density at radius 3 is 2.70 bits per heavy atom. The molecule has 8 heteroatoms. The Morgan fingerprint density at radius 1 is 1.06 bits per heavy atom. The van der Waals surface area contributed by atoms with E-state index in [2.05, 4.69) is 10.3 Å². The third-order valence-corrected chi connectivity index (χ3v) is 5.78. The number of anilines is 1. The van der Waals surface area contributed by atoms with Crippen LogP contribution in [0.25, 0.3) is 0 Å². The van der Waals surface area contributed by atoms with Crippen LogP contribution in [0.15, 0.2) is 53.5 Å². The van der Waals surface area contributed by atoms with Crippen LogP contribution < -0.4 is 15.0 Å². The number of aliphatic imine (C=N–C) groups is 1. The normalized spacial score (nSPS) is 14.3. The number of carbonyl (C=O) groups is 2. The SMILES string of the molecule is O=C1CN2Cc3cccc(OCCCCCCC(=O)N(CCO)c4ccccc4)c3N=C2N1. The molecule has 0 radical (unpaired) electrons. The lowest BCUT2D eigenvalue weighted by Crippen LogP contribution is -2.33. The number of benzene rings is 2. The van der Waals surface area contributed by atoms with Crippen LogP contribution in [0.4, 0.5) is 11.4 Å². The van der Waals surface area contributed by atoms with Crippen LogP contribution in [0.2, 0.25) is 0 Å². The molecule has 2 aliphatic rings. The minimum Gasteiger partial charge on any atom is -0.491 e. The van der Waals surface area contributed by atoms with Crippen LogP contribution in [0.1, 0.15) is 37.7 Å². The van der Waals surface area contributed by atoms with Gasteiger partial charge in [-0.1, -0.05) is 43.2 Å². The van der Waals surface area contributed by atoms with Crippen LogP contribution in [0, 0.1) is 0 Å². The molecule has 2 N–H and O–H groups in total. The van der Waals surface area contributed by atoms with Gasteiger partial charge in [-0.05, 0) is 31.0 Å². The van der Waals surface area contributed by atoms with E-state index in [-0.39, 0.29) is 18.4 Å². The van der Waals surface area contributed by atoms with Gasteiger partial charge in [-0.15, -0.1) is 0 Å². The van der Waals surface area contributed by atoms with E-state index in [1.165, 1.54) is 0 Å². The van der Waals surface area contributed by atoms with E-state index >= 15 is 0 Å². The maximum absolute atomic E-state index is 12.6. The monoisotopic (exact) mass is 450 g/mol. The smallest absolute Gasteiger partial charge is 0.246 e. The van der Waals surface area contributed by atoms with Gasteiger partial charge < -0.3 is 19.6 Å². The standard InChI is InChI=1S/C25H30N4O4/c30-15-14-29(20-10-4-3-5-11-20)23(32)13-6-1-2-7-16-33-21-12-8-9-19-17-28-18-22(31)26-25(28)27-24(19)21/h3-5,8-12,30H,1-2,6-7,13-18H2,(H,26,27,31). The summed E-state index contributed by atoms with van der Waals surface area (Å²) in [5, 5.41) is 12.1. The van der Waals surface area contributed by atoms with Gasteiger partial charge in [0.05, 0.1) is 13.2 Å². The molecule has 0 aromatic heterocycles. The molecule has 2 aliphatic heterocycles. The maximum Gasteiger partial charge on any atom is 0.246 e. The third kappa shape index (κ3) is 5.70. The van der Waals surface area contributed by atoms with Crippen molar-refractivity contribution in [1.29, 1.82) is 0 Å². The molecule has 1 saturated heterocycles. The minimum absolute atomic E-state index is 0.0363. The van der Waals surface area contributed by atoms with Gasteiger partial charge in [-0.3, -0.25) is 14.9 Å². The molecule has 0 bridgehead atoms. The molecule has 0 atom stereocenters. The van der Waals surface area contributed by atoms with Crippen molar-refractivity contribution in [3.05, 3.63) is 54.1 Å². The molecule has 2 aromatic carbocycles. The quantitative estimate of drug-likeness (QED) is 0.514. The van der Waals surface area contributed by atoms with Crippen LogP contribution in [0.3, 0.4) is 0 Å². The van der Waals surface area contributed by atoms with Gasteiger partial charge in [0.1, 0.15) is 18.0 Å². The molecule has 2 amide bonds.